The highest BCUT2D eigenvalue weighted by Crippen LogP contribution is 2.19. The van der Waals surface area contributed by atoms with Crippen molar-refractivity contribution in [3.63, 3.8) is 0 Å². The Kier molecular flexibility index (Phi) is 4.16. The predicted molar refractivity (Wildman–Crippen MR) is 59.5 cm³/mol. The molecule has 0 aliphatic carbocycles. The quantitative estimate of drug-likeness (QED) is 0.712. The number of rotatable bonds is 4. The van der Waals surface area contributed by atoms with Gasteiger partial charge in [0, 0.05) is 12.0 Å². The van der Waals surface area contributed by atoms with Crippen LogP contribution in [0.5, 0.6) is 0 Å². The molecule has 16 heavy (non-hydrogen) atoms. The van der Waals surface area contributed by atoms with Gasteiger partial charge in [-0.15, -0.1) is 0 Å². The molecule has 1 unspecified atom stereocenters. The summed E-state index contributed by atoms with van der Waals surface area (Å²) in [6, 6.07) is 2.07. The van der Waals surface area contributed by atoms with E-state index in [1.165, 1.54) is 13.0 Å². The molecule has 1 nitrogen and oxygen atoms in total. The van der Waals surface area contributed by atoms with E-state index in [0.29, 0.717) is 12.0 Å². The van der Waals surface area contributed by atoms with Crippen molar-refractivity contribution < 1.29 is 13.6 Å². The molecule has 0 saturated carbocycles. The van der Waals surface area contributed by atoms with E-state index in [1.54, 1.807) is 6.92 Å². The number of hydrogen-bond donors (Lipinski definition) is 0. The average Bonchev–Trinajstić information content (AvgIpc) is 2.23. The Hall–Kier alpha value is -1.25. The van der Waals surface area contributed by atoms with Crippen LogP contribution in [0, 0.1) is 24.5 Å². The zero-order chi connectivity index (χ0) is 12.3. The van der Waals surface area contributed by atoms with Crippen molar-refractivity contribution >= 4 is 5.78 Å². The molecule has 88 valence electrons. The summed E-state index contributed by atoms with van der Waals surface area (Å²) in [4.78, 5) is 11.9. The van der Waals surface area contributed by atoms with Gasteiger partial charge in [-0.1, -0.05) is 20.3 Å². The fourth-order valence-corrected chi connectivity index (χ4v) is 1.68. The molecule has 0 spiro atoms. The van der Waals surface area contributed by atoms with Crippen molar-refractivity contribution in [1.82, 2.24) is 0 Å². The van der Waals surface area contributed by atoms with Crippen LogP contribution in [0.2, 0.25) is 0 Å². The van der Waals surface area contributed by atoms with E-state index < -0.39 is 11.6 Å². The van der Waals surface area contributed by atoms with Crippen molar-refractivity contribution in [3.05, 3.63) is 34.9 Å². The van der Waals surface area contributed by atoms with Gasteiger partial charge in [-0.25, -0.2) is 8.78 Å². The third-order valence-electron chi connectivity index (χ3n) is 2.68. The van der Waals surface area contributed by atoms with Gasteiger partial charge in [0.25, 0.3) is 0 Å². The molecule has 0 amide bonds. The molecular weight excluding hydrogens is 210 g/mol. The summed E-state index contributed by atoms with van der Waals surface area (Å²) in [7, 11) is 0. The van der Waals surface area contributed by atoms with Crippen molar-refractivity contribution in [2.75, 3.05) is 0 Å². The first-order valence-corrected chi connectivity index (χ1v) is 5.47. The number of aryl methyl sites for hydroxylation is 1. The van der Waals surface area contributed by atoms with Crippen LogP contribution in [0.25, 0.3) is 0 Å². The summed E-state index contributed by atoms with van der Waals surface area (Å²) in [5.41, 5.74) is 0.299. The second-order valence-corrected chi connectivity index (χ2v) is 4.14. The molecule has 0 aliphatic heterocycles. The molecule has 1 atom stereocenters. The van der Waals surface area contributed by atoms with Crippen LogP contribution >= 0.6 is 0 Å². The van der Waals surface area contributed by atoms with Crippen LogP contribution in [-0.2, 0) is 0 Å². The predicted octanol–water partition coefficient (Wildman–Crippen LogP) is 3.89. The van der Waals surface area contributed by atoms with Crippen LogP contribution in [-0.4, -0.2) is 5.78 Å². The Labute approximate surface area is 94.5 Å². The standard InChI is InChI=1S/C13H16F2O/c1-4-5-8(2)13(16)10-6-9(3)11(14)7-12(10)15/h6-8H,4-5H2,1-3H3. The van der Waals surface area contributed by atoms with Gasteiger partial charge in [0.1, 0.15) is 11.6 Å². The smallest absolute Gasteiger partial charge is 0.168 e. The number of carbonyl (C=O) groups excluding carboxylic acids is 1. The Balaban J connectivity index is 3.04. The summed E-state index contributed by atoms with van der Waals surface area (Å²) in [6.07, 6.45) is 1.59. The van der Waals surface area contributed by atoms with Crippen molar-refractivity contribution in [2.24, 2.45) is 5.92 Å². The largest absolute Gasteiger partial charge is 0.294 e. The molecule has 0 bridgehead atoms. The van der Waals surface area contributed by atoms with E-state index in [0.717, 1.165) is 12.5 Å². The van der Waals surface area contributed by atoms with Gasteiger partial charge in [-0.2, -0.15) is 0 Å². The van der Waals surface area contributed by atoms with Crippen LogP contribution in [0.3, 0.4) is 0 Å². The lowest BCUT2D eigenvalue weighted by molar-refractivity contribution is 0.0919. The number of Topliss-reactive ketones (excluding diaryl/α,β-unsaturated/α-hetero) is 1. The molecule has 1 rings (SSSR count). The van der Waals surface area contributed by atoms with Gasteiger partial charge >= 0.3 is 0 Å². The molecule has 0 fully saturated rings. The van der Waals surface area contributed by atoms with Gasteiger partial charge in [0.2, 0.25) is 0 Å². The lowest BCUT2D eigenvalue weighted by atomic mass is 9.94. The first-order valence-electron chi connectivity index (χ1n) is 5.47. The molecule has 0 aromatic heterocycles. The number of carbonyl (C=O) groups is 1. The molecule has 1 aromatic carbocycles. The normalized spacial score (nSPS) is 12.6. The summed E-state index contributed by atoms with van der Waals surface area (Å²) in [6.45, 7) is 5.26. The van der Waals surface area contributed by atoms with Gasteiger partial charge in [-0.05, 0) is 25.0 Å². The first-order chi connectivity index (χ1) is 7.47. The fraction of sp³-hybridized carbons (Fsp3) is 0.462. The molecule has 3 heteroatoms. The minimum absolute atomic E-state index is 0.000139. The van der Waals surface area contributed by atoms with E-state index in [1.807, 2.05) is 6.92 Å². The number of ketones is 1. The molecule has 0 radical (unpaired) electrons. The van der Waals surface area contributed by atoms with Crippen LogP contribution in [0.4, 0.5) is 8.78 Å². The number of benzene rings is 1. The molecular formula is C13H16F2O. The van der Waals surface area contributed by atoms with E-state index in [-0.39, 0.29) is 17.3 Å². The highest BCUT2D eigenvalue weighted by molar-refractivity contribution is 5.98. The minimum atomic E-state index is -0.768. The average molecular weight is 226 g/mol. The highest BCUT2D eigenvalue weighted by atomic mass is 19.1. The van der Waals surface area contributed by atoms with Gasteiger partial charge in [-0.3, -0.25) is 4.79 Å². The van der Waals surface area contributed by atoms with Crippen molar-refractivity contribution in [2.45, 2.75) is 33.6 Å². The molecule has 0 saturated heterocycles. The van der Waals surface area contributed by atoms with Crippen LogP contribution < -0.4 is 0 Å². The monoisotopic (exact) mass is 226 g/mol. The number of hydrogen-bond acceptors (Lipinski definition) is 1. The maximum absolute atomic E-state index is 13.4. The Bertz CT molecular complexity index is 399. The summed E-state index contributed by atoms with van der Waals surface area (Å²) < 4.78 is 26.4. The zero-order valence-corrected chi connectivity index (χ0v) is 9.81. The van der Waals surface area contributed by atoms with Gasteiger partial charge in [0.15, 0.2) is 5.78 Å². The SMILES string of the molecule is CCCC(C)C(=O)c1cc(C)c(F)cc1F. The minimum Gasteiger partial charge on any atom is -0.294 e. The highest BCUT2D eigenvalue weighted by Gasteiger charge is 2.19. The summed E-state index contributed by atoms with van der Waals surface area (Å²) in [5.74, 6) is -1.85. The maximum atomic E-state index is 13.4. The molecule has 1 aromatic rings. The Morgan fingerprint density at radius 1 is 1.31 bits per heavy atom. The molecule has 0 heterocycles. The van der Waals surface area contributed by atoms with E-state index in [2.05, 4.69) is 0 Å². The number of halogens is 2. The van der Waals surface area contributed by atoms with Gasteiger partial charge < -0.3 is 0 Å². The Morgan fingerprint density at radius 3 is 2.50 bits per heavy atom. The lowest BCUT2D eigenvalue weighted by Crippen LogP contribution is -2.13. The zero-order valence-electron chi connectivity index (χ0n) is 9.81. The van der Waals surface area contributed by atoms with Crippen LogP contribution in [0.1, 0.15) is 42.6 Å². The second kappa shape index (κ2) is 5.19. The van der Waals surface area contributed by atoms with E-state index in [9.17, 15) is 13.6 Å². The molecule has 0 aliphatic rings. The third-order valence-corrected chi connectivity index (χ3v) is 2.68. The second-order valence-electron chi connectivity index (χ2n) is 4.14. The van der Waals surface area contributed by atoms with Crippen LogP contribution in [0.15, 0.2) is 12.1 Å². The fourth-order valence-electron chi connectivity index (χ4n) is 1.68. The van der Waals surface area contributed by atoms with E-state index >= 15 is 0 Å². The summed E-state index contributed by atoms with van der Waals surface area (Å²) >= 11 is 0. The Morgan fingerprint density at radius 2 is 1.94 bits per heavy atom. The topological polar surface area (TPSA) is 17.1 Å². The molecule has 0 N–H and O–H groups in total. The summed E-state index contributed by atoms with van der Waals surface area (Å²) in [5, 5.41) is 0. The third kappa shape index (κ3) is 2.65. The van der Waals surface area contributed by atoms with Crippen molar-refractivity contribution in [3.8, 4) is 0 Å². The van der Waals surface area contributed by atoms with Crippen molar-refractivity contribution in [1.29, 1.82) is 0 Å². The maximum Gasteiger partial charge on any atom is 0.168 e. The van der Waals surface area contributed by atoms with Gasteiger partial charge in [0.05, 0.1) is 5.56 Å². The first kappa shape index (κ1) is 12.8. The van der Waals surface area contributed by atoms with E-state index in [4.69, 9.17) is 0 Å². The lowest BCUT2D eigenvalue weighted by Gasteiger charge is -2.10.